The van der Waals surface area contributed by atoms with Crippen molar-refractivity contribution in [1.82, 2.24) is 4.90 Å². The average molecular weight is 365 g/mol. The molecule has 0 saturated carbocycles. The van der Waals surface area contributed by atoms with Gasteiger partial charge >= 0.3 is 0 Å². The summed E-state index contributed by atoms with van der Waals surface area (Å²) in [5.41, 5.74) is 8.26. The fourth-order valence-corrected chi connectivity index (χ4v) is 5.31. The highest BCUT2D eigenvalue weighted by molar-refractivity contribution is 7.92. The zero-order valence-corrected chi connectivity index (χ0v) is 15.9. The van der Waals surface area contributed by atoms with Gasteiger partial charge < -0.3 is 10.6 Å². The molecule has 6 nitrogen and oxygen atoms in total. The highest BCUT2D eigenvalue weighted by Gasteiger charge is 2.33. The molecule has 0 bridgehead atoms. The third-order valence-corrected chi connectivity index (χ3v) is 6.60. The van der Waals surface area contributed by atoms with Gasteiger partial charge in [-0.1, -0.05) is 0 Å². The van der Waals surface area contributed by atoms with Gasteiger partial charge in [0.1, 0.15) is 0 Å². The van der Waals surface area contributed by atoms with E-state index in [2.05, 4.69) is 0 Å². The van der Waals surface area contributed by atoms with Gasteiger partial charge in [-0.3, -0.25) is 9.10 Å². The number of carbonyl (C=O) groups is 1. The van der Waals surface area contributed by atoms with Gasteiger partial charge in [0.25, 0.3) is 5.91 Å². The van der Waals surface area contributed by atoms with E-state index in [1.54, 1.807) is 12.1 Å². The van der Waals surface area contributed by atoms with Crippen LogP contribution in [0.2, 0.25) is 0 Å². The summed E-state index contributed by atoms with van der Waals surface area (Å²) in [6.07, 6.45) is 3.89. The van der Waals surface area contributed by atoms with Crippen LogP contribution in [-0.4, -0.2) is 50.7 Å². The molecule has 2 heterocycles. The monoisotopic (exact) mass is 365 g/mol. The maximum absolute atomic E-state index is 12.9. The predicted molar refractivity (Wildman–Crippen MR) is 99.2 cm³/mol. The quantitative estimate of drug-likeness (QED) is 0.882. The normalized spacial score (nSPS) is 25.0. The van der Waals surface area contributed by atoms with Gasteiger partial charge in [-0.05, 0) is 62.8 Å². The molecule has 3 rings (SSSR count). The largest absolute Gasteiger partial charge is 0.338 e. The molecule has 25 heavy (non-hydrogen) atoms. The number of carbonyl (C=O) groups excluding carboxylic acids is 1. The van der Waals surface area contributed by atoms with Crippen molar-refractivity contribution in [2.45, 2.75) is 45.2 Å². The van der Waals surface area contributed by atoms with Crippen molar-refractivity contribution in [3.63, 3.8) is 0 Å². The number of nitrogens with two attached hydrogens (primary N) is 1. The van der Waals surface area contributed by atoms with E-state index in [4.69, 9.17) is 5.73 Å². The van der Waals surface area contributed by atoms with Crippen LogP contribution in [0, 0.1) is 5.92 Å². The summed E-state index contributed by atoms with van der Waals surface area (Å²) in [6.45, 7) is 5.33. The van der Waals surface area contributed by atoms with Gasteiger partial charge in [-0.25, -0.2) is 8.42 Å². The van der Waals surface area contributed by atoms with Crippen molar-refractivity contribution in [1.29, 1.82) is 0 Å². The number of amides is 1. The Hall–Kier alpha value is -1.60. The summed E-state index contributed by atoms with van der Waals surface area (Å²) in [4.78, 5) is 14.8. The Bertz CT molecular complexity index is 776. The second-order valence-electron chi connectivity index (χ2n) is 7.47. The third-order valence-electron chi connectivity index (χ3n) is 5.33. The van der Waals surface area contributed by atoms with Crippen LogP contribution < -0.4 is 10.0 Å². The van der Waals surface area contributed by atoms with Crippen LogP contribution in [0.4, 0.5) is 5.69 Å². The number of hydrogen-bond donors (Lipinski definition) is 1. The molecule has 0 unspecified atom stereocenters. The van der Waals surface area contributed by atoms with E-state index in [1.807, 2.05) is 24.8 Å². The van der Waals surface area contributed by atoms with E-state index in [9.17, 15) is 13.2 Å². The summed E-state index contributed by atoms with van der Waals surface area (Å²) >= 11 is 0. The number of fused-ring (bicyclic) bond motifs is 1. The topological polar surface area (TPSA) is 83.7 Å². The van der Waals surface area contributed by atoms with Crippen molar-refractivity contribution >= 4 is 21.6 Å². The van der Waals surface area contributed by atoms with Gasteiger partial charge in [0, 0.05) is 30.7 Å². The van der Waals surface area contributed by atoms with Crippen molar-refractivity contribution < 1.29 is 13.2 Å². The Kier molecular flexibility index (Phi) is 4.81. The standard InChI is InChI=1S/C18H27N3O3S/c1-12-9-16-10-14(6-7-17(16)21(12)25(3,23)24)18(22)20-8-4-5-15(11-20)13(2)19/h6-7,10,12-13,15H,4-5,8-9,11,19H2,1-3H3/t12-,13+,15+/m1/s1. The zero-order chi connectivity index (χ0) is 18.4. The summed E-state index contributed by atoms with van der Waals surface area (Å²) in [7, 11) is -3.31. The zero-order valence-electron chi connectivity index (χ0n) is 15.1. The Balaban J connectivity index is 1.84. The number of nitrogens with zero attached hydrogens (tertiary/aromatic N) is 2. The van der Waals surface area contributed by atoms with Crippen molar-refractivity contribution in [3.05, 3.63) is 29.3 Å². The maximum Gasteiger partial charge on any atom is 0.253 e. The minimum absolute atomic E-state index is 0.0126. The lowest BCUT2D eigenvalue weighted by molar-refractivity contribution is 0.0661. The fraction of sp³-hybridized carbons (Fsp3) is 0.611. The highest BCUT2D eigenvalue weighted by Crippen LogP contribution is 2.35. The summed E-state index contributed by atoms with van der Waals surface area (Å²) in [6, 6.07) is 5.33. The van der Waals surface area contributed by atoms with E-state index < -0.39 is 10.0 Å². The Morgan fingerprint density at radius 3 is 2.72 bits per heavy atom. The molecule has 1 saturated heterocycles. The summed E-state index contributed by atoms with van der Waals surface area (Å²) in [5, 5.41) is 0. The molecule has 3 atom stereocenters. The van der Waals surface area contributed by atoms with Crippen molar-refractivity contribution in [3.8, 4) is 0 Å². The van der Waals surface area contributed by atoms with Gasteiger partial charge in [0.15, 0.2) is 0 Å². The first-order chi connectivity index (χ1) is 11.7. The SMILES string of the molecule is C[C@H](N)[C@H]1CCCN(C(=O)c2ccc3c(c2)C[C@@H](C)N3S(C)(=O)=O)C1. The lowest BCUT2D eigenvalue weighted by Crippen LogP contribution is -2.45. The van der Waals surface area contributed by atoms with Crippen LogP contribution in [0.3, 0.4) is 0 Å². The van der Waals surface area contributed by atoms with Gasteiger partial charge in [-0.2, -0.15) is 0 Å². The molecule has 0 spiro atoms. The minimum atomic E-state index is -3.31. The van der Waals surface area contributed by atoms with Crippen LogP contribution in [0.25, 0.3) is 0 Å². The molecule has 0 aromatic heterocycles. The average Bonchev–Trinajstić information content (AvgIpc) is 2.89. The van der Waals surface area contributed by atoms with Gasteiger partial charge in [0.2, 0.25) is 10.0 Å². The number of sulfonamides is 1. The molecule has 1 aromatic rings. The van der Waals surface area contributed by atoms with Crippen LogP contribution in [0.15, 0.2) is 18.2 Å². The van der Waals surface area contributed by atoms with Crippen LogP contribution in [0.1, 0.15) is 42.6 Å². The maximum atomic E-state index is 12.9. The molecule has 0 aliphatic carbocycles. The molecule has 0 radical (unpaired) electrons. The molecule has 7 heteroatoms. The Morgan fingerprint density at radius 2 is 2.08 bits per heavy atom. The molecule has 1 amide bonds. The number of piperidine rings is 1. The number of benzene rings is 1. The van der Waals surface area contributed by atoms with Crippen LogP contribution >= 0.6 is 0 Å². The summed E-state index contributed by atoms with van der Waals surface area (Å²) in [5.74, 6) is 0.353. The van der Waals surface area contributed by atoms with Crippen LogP contribution in [0.5, 0.6) is 0 Å². The second kappa shape index (κ2) is 6.61. The lowest BCUT2D eigenvalue weighted by Gasteiger charge is -2.34. The first-order valence-electron chi connectivity index (χ1n) is 8.85. The molecular formula is C18H27N3O3S. The Labute approximate surface area is 150 Å². The number of hydrogen-bond acceptors (Lipinski definition) is 4. The molecule has 1 fully saturated rings. The van der Waals surface area contributed by atoms with E-state index >= 15 is 0 Å². The summed E-state index contributed by atoms with van der Waals surface area (Å²) < 4.78 is 25.5. The molecule has 1 aromatic carbocycles. The first-order valence-corrected chi connectivity index (χ1v) is 10.7. The molecule has 2 N–H and O–H groups in total. The lowest BCUT2D eigenvalue weighted by atomic mass is 9.91. The van der Waals surface area contributed by atoms with E-state index in [1.165, 1.54) is 10.6 Å². The third kappa shape index (κ3) is 3.53. The molecule has 2 aliphatic heterocycles. The molecule has 2 aliphatic rings. The highest BCUT2D eigenvalue weighted by atomic mass is 32.2. The van der Waals surface area contributed by atoms with E-state index in [0.29, 0.717) is 30.1 Å². The first kappa shape index (κ1) is 18.2. The minimum Gasteiger partial charge on any atom is -0.338 e. The molecule has 138 valence electrons. The van der Waals surface area contributed by atoms with E-state index in [-0.39, 0.29) is 18.0 Å². The number of anilines is 1. The Morgan fingerprint density at radius 1 is 1.36 bits per heavy atom. The molecular weight excluding hydrogens is 338 g/mol. The van der Waals surface area contributed by atoms with Crippen molar-refractivity contribution in [2.24, 2.45) is 11.7 Å². The second-order valence-corrected chi connectivity index (χ2v) is 9.33. The number of likely N-dealkylation sites (tertiary alicyclic amines) is 1. The van der Waals surface area contributed by atoms with Gasteiger partial charge in [0.05, 0.1) is 11.9 Å². The fourth-order valence-electron chi connectivity index (χ4n) is 4.05. The smallest absolute Gasteiger partial charge is 0.253 e. The van der Waals surface area contributed by atoms with E-state index in [0.717, 1.165) is 24.9 Å². The number of rotatable bonds is 3. The predicted octanol–water partition coefficient (Wildman–Crippen LogP) is 1.60. The van der Waals surface area contributed by atoms with Crippen molar-refractivity contribution in [2.75, 3.05) is 23.7 Å². The van der Waals surface area contributed by atoms with Gasteiger partial charge in [-0.15, -0.1) is 0 Å². The van der Waals surface area contributed by atoms with Crippen LogP contribution in [-0.2, 0) is 16.4 Å².